The molecule has 1 aromatic heterocycles. The molecule has 19 heavy (non-hydrogen) atoms. The number of thioether (sulfide) groups is 1. The molecule has 0 aromatic carbocycles. The number of aliphatic hydroxyl groups is 1. The van der Waals surface area contributed by atoms with Crippen LogP contribution in [0.1, 0.15) is 23.8 Å². The van der Waals surface area contributed by atoms with E-state index in [-0.39, 0.29) is 30.1 Å². The molecule has 1 heterocycles. The Hall–Kier alpha value is -1.45. The number of nitrogens with zero attached hydrogens (tertiary/aromatic N) is 1. The first kappa shape index (κ1) is 15.6. The van der Waals surface area contributed by atoms with Gasteiger partial charge in [-0.15, -0.1) is 0 Å². The van der Waals surface area contributed by atoms with Crippen LogP contribution < -0.4 is 5.32 Å². The lowest BCUT2D eigenvalue weighted by Crippen LogP contribution is -2.16. The molecule has 0 radical (unpaired) electrons. The largest absolute Gasteiger partial charge is 0.444 e. The van der Waals surface area contributed by atoms with Gasteiger partial charge in [0.15, 0.2) is 0 Å². The summed E-state index contributed by atoms with van der Waals surface area (Å²) >= 11 is 1.44. The van der Waals surface area contributed by atoms with Gasteiger partial charge in [0, 0.05) is 12.2 Å². The number of aryl methyl sites for hydroxylation is 1. The van der Waals surface area contributed by atoms with Gasteiger partial charge in [-0.3, -0.25) is 10.1 Å². The fraction of sp³-hybridized carbons (Fsp3) is 0.538. The Morgan fingerprint density at radius 3 is 2.84 bits per heavy atom. The summed E-state index contributed by atoms with van der Waals surface area (Å²) < 4.78 is 5.35. The first-order chi connectivity index (χ1) is 8.99. The zero-order valence-corrected chi connectivity index (χ0v) is 12.1. The lowest BCUT2D eigenvalue weighted by Gasteiger charge is -2.06. The van der Waals surface area contributed by atoms with Gasteiger partial charge in [-0.05, 0) is 25.5 Å². The van der Waals surface area contributed by atoms with E-state index in [0.717, 1.165) is 5.56 Å². The number of nitriles is 1. The van der Waals surface area contributed by atoms with Crippen LogP contribution in [0.3, 0.4) is 0 Å². The molecule has 0 bridgehead atoms. The highest BCUT2D eigenvalue weighted by molar-refractivity contribution is 7.99. The van der Waals surface area contributed by atoms with Crippen molar-refractivity contribution in [2.45, 2.75) is 20.8 Å². The summed E-state index contributed by atoms with van der Waals surface area (Å²) in [7, 11) is 0. The Balaban J connectivity index is 2.54. The maximum absolute atomic E-state index is 11.7. The van der Waals surface area contributed by atoms with Crippen molar-refractivity contribution in [3.63, 3.8) is 0 Å². The van der Waals surface area contributed by atoms with E-state index in [4.69, 9.17) is 14.8 Å². The summed E-state index contributed by atoms with van der Waals surface area (Å²) in [4.78, 5) is 11.7. The van der Waals surface area contributed by atoms with Crippen LogP contribution in [0.25, 0.3) is 0 Å². The topological polar surface area (TPSA) is 86.3 Å². The highest BCUT2D eigenvalue weighted by Gasteiger charge is 2.16. The lowest BCUT2D eigenvalue weighted by atomic mass is 10.2. The van der Waals surface area contributed by atoms with Crippen LogP contribution in [0.2, 0.25) is 0 Å². The quantitative estimate of drug-likeness (QED) is 0.834. The van der Waals surface area contributed by atoms with Gasteiger partial charge in [0.2, 0.25) is 11.8 Å². The SMILES string of the molecule is Cc1oc(NC(=O)CSCC(C)CO)c(C#N)c1C. The number of hydrogen-bond acceptors (Lipinski definition) is 5. The van der Waals surface area contributed by atoms with Crippen LogP contribution in [0.4, 0.5) is 5.88 Å². The van der Waals surface area contributed by atoms with Crippen LogP contribution in [0.5, 0.6) is 0 Å². The van der Waals surface area contributed by atoms with Crippen molar-refractivity contribution in [1.82, 2.24) is 0 Å². The molecule has 0 saturated carbocycles. The summed E-state index contributed by atoms with van der Waals surface area (Å²) in [5, 5.41) is 20.5. The smallest absolute Gasteiger partial charge is 0.236 e. The van der Waals surface area contributed by atoms with E-state index in [9.17, 15) is 4.79 Å². The third-order valence-corrected chi connectivity index (χ3v) is 3.97. The van der Waals surface area contributed by atoms with E-state index in [1.807, 2.05) is 13.0 Å². The van der Waals surface area contributed by atoms with E-state index < -0.39 is 0 Å². The third kappa shape index (κ3) is 4.30. The van der Waals surface area contributed by atoms with Crippen molar-refractivity contribution >= 4 is 23.6 Å². The molecule has 1 unspecified atom stereocenters. The van der Waals surface area contributed by atoms with Crippen LogP contribution in [0, 0.1) is 31.1 Å². The molecular formula is C13H18N2O3S. The second kappa shape index (κ2) is 7.22. The Labute approximate surface area is 117 Å². The molecule has 1 rings (SSSR count). The minimum absolute atomic E-state index is 0.115. The molecule has 0 saturated heterocycles. The zero-order chi connectivity index (χ0) is 14.4. The van der Waals surface area contributed by atoms with Gasteiger partial charge in [0.25, 0.3) is 0 Å². The van der Waals surface area contributed by atoms with Gasteiger partial charge in [0.1, 0.15) is 17.4 Å². The van der Waals surface area contributed by atoms with Crippen molar-refractivity contribution < 1.29 is 14.3 Å². The monoisotopic (exact) mass is 282 g/mol. The normalized spacial score (nSPS) is 11.9. The summed E-state index contributed by atoms with van der Waals surface area (Å²) in [5.41, 5.74) is 1.12. The summed E-state index contributed by atoms with van der Waals surface area (Å²) in [6.07, 6.45) is 0. The molecular weight excluding hydrogens is 264 g/mol. The molecule has 0 aliphatic heterocycles. The molecule has 0 aliphatic carbocycles. The van der Waals surface area contributed by atoms with Gasteiger partial charge >= 0.3 is 0 Å². The fourth-order valence-electron chi connectivity index (χ4n) is 1.42. The van der Waals surface area contributed by atoms with Gasteiger partial charge in [-0.25, -0.2) is 0 Å². The van der Waals surface area contributed by atoms with Crippen LogP contribution in [0.15, 0.2) is 4.42 Å². The van der Waals surface area contributed by atoms with Crippen molar-refractivity contribution in [3.05, 3.63) is 16.9 Å². The molecule has 1 amide bonds. The number of rotatable bonds is 6. The summed E-state index contributed by atoms with van der Waals surface area (Å²) in [5.74, 6) is 1.80. The number of amides is 1. The van der Waals surface area contributed by atoms with Crippen LogP contribution >= 0.6 is 11.8 Å². The fourth-order valence-corrected chi connectivity index (χ4v) is 2.30. The number of carbonyl (C=O) groups excluding carboxylic acids is 1. The predicted octanol–water partition coefficient (Wildman–Crippen LogP) is 2.07. The van der Waals surface area contributed by atoms with E-state index >= 15 is 0 Å². The summed E-state index contributed by atoms with van der Waals surface area (Å²) in [6.45, 7) is 5.57. The number of hydrogen-bond donors (Lipinski definition) is 2. The van der Waals surface area contributed by atoms with E-state index in [1.54, 1.807) is 13.8 Å². The van der Waals surface area contributed by atoms with Crippen LogP contribution in [-0.2, 0) is 4.79 Å². The van der Waals surface area contributed by atoms with E-state index in [2.05, 4.69) is 5.32 Å². The molecule has 0 aliphatic rings. The number of carbonyl (C=O) groups is 1. The lowest BCUT2D eigenvalue weighted by molar-refractivity contribution is -0.113. The first-order valence-corrected chi connectivity index (χ1v) is 7.13. The maximum Gasteiger partial charge on any atom is 0.236 e. The maximum atomic E-state index is 11.7. The second-order valence-electron chi connectivity index (χ2n) is 4.45. The van der Waals surface area contributed by atoms with Crippen molar-refractivity contribution in [1.29, 1.82) is 5.26 Å². The Morgan fingerprint density at radius 1 is 1.58 bits per heavy atom. The molecule has 1 aromatic rings. The van der Waals surface area contributed by atoms with Crippen LogP contribution in [-0.4, -0.2) is 29.1 Å². The minimum atomic E-state index is -0.208. The van der Waals surface area contributed by atoms with Gasteiger partial charge in [-0.2, -0.15) is 17.0 Å². The average Bonchev–Trinajstić information content (AvgIpc) is 2.64. The number of furan rings is 1. The number of aliphatic hydroxyl groups excluding tert-OH is 1. The first-order valence-electron chi connectivity index (χ1n) is 5.98. The van der Waals surface area contributed by atoms with Gasteiger partial charge in [0.05, 0.1) is 5.75 Å². The van der Waals surface area contributed by atoms with Crippen molar-refractivity contribution in [2.75, 3.05) is 23.4 Å². The highest BCUT2D eigenvalue weighted by atomic mass is 32.2. The molecule has 1 atom stereocenters. The molecule has 0 spiro atoms. The molecule has 6 heteroatoms. The minimum Gasteiger partial charge on any atom is -0.444 e. The van der Waals surface area contributed by atoms with E-state index in [1.165, 1.54) is 11.8 Å². The second-order valence-corrected chi connectivity index (χ2v) is 5.48. The molecule has 104 valence electrons. The molecule has 2 N–H and O–H groups in total. The average molecular weight is 282 g/mol. The van der Waals surface area contributed by atoms with Crippen molar-refractivity contribution in [3.8, 4) is 6.07 Å². The Bertz CT molecular complexity index is 491. The Morgan fingerprint density at radius 2 is 2.26 bits per heavy atom. The standard InChI is InChI=1S/C13H18N2O3S/c1-8(5-16)6-19-7-12(17)15-13-11(4-14)9(2)10(3)18-13/h8,16H,5-7H2,1-3H3,(H,15,17). The number of anilines is 1. The number of nitrogens with one attached hydrogen (secondary N) is 1. The van der Waals surface area contributed by atoms with Crippen molar-refractivity contribution in [2.24, 2.45) is 5.92 Å². The predicted molar refractivity (Wildman–Crippen MR) is 75.1 cm³/mol. The molecule has 0 fully saturated rings. The summed E-state index contributed by atoms with van der Waals surface area (Å²) in [6, 6.07) is 2.03. The molecule has 5 nitrogen and oxygen atoms in total. The van der Waals surface area contributed by atoms with Gasteiger partial charge < -0.3 is 9.52 Å². The van der Waals surface area contributed by atoms with Gasteiger partial charge in [-0.1, -0.05) is 6.92 Å². The van der Waals surface area contributed by atoms with E-state index in [0.29, 0.717) is 17.1 Å². The zero-order valence-electron chi connectivity index (χ0n) is 11.3. The third-order valence-electron chi connectivity index (χ3n) is 2.70. The Kier molecular flexibility index (Phi) is 5.93. The highest BCUT2D eigenvalue weighted by Crippen LogP contribution is 2.25.